The van der Waals surface area contributed by atoms with Gasteiger partial charge in [-0.25, -0.2) is 9.78 Å². The van der Waals surface area contributed by atoms with Crippen molar-refractivity contribution in [1.82, 2.24) is 14.9 Å². The maximum atomic E-state index is 12.2. The van der Waals surface area contributed by atoms with Gasteiger partial charge in [0.15, 0.2) is 5.69 Å². The number of halogens is 1. The number of carbonyl (C=O) groups excluding carboxylic acids is 1. The van der Waals surface area contributed by atoms with Gasteiger partial charge in [-0.1, -0.05) is 0 Å². The largest absolute Gasteiger partial charge is 0.444 e. The summed E-state index contributed by atoms with van der Waals surface area (Å²) >= 11 is 2.01. The van der Waals surface area contributed by atoms with Crippen LogP contribution in [-0.4, -0.2) is 33.1 Å². The smallest absolute Gasteiger partial charge is 0.410 e. The van der Waals surface area contributed by atoms with E-state index in [9.17, 15) is 4.79 Å². The molecule has 0 spiro atoms. The lowest BCUT2D eigenvalue weighted by atomic mass is 10.2. The zero-order valence-corrected chi connectivity index (χ0v) is 13.9. The molecular formula is C13H17IN4O2. The summed E-state index contributed by atoms with van der Waals surface area (Å²) in [5, 5.41) is 8.97. The first-order valence-electron chi connectivity index (χ1n) is 6.47. The molecule has 0 radical (unpaired) electrons. The van der Waals surface area contributed by atoms with E-state index in [0.29, 0.717) is 21.8 Å². The van der Waals surface area contributed by atoms with Crippen LogP contribution in [-0.2, 0) is 4.74 Å². The van der Waals surface area contributed by atoms with E-state index >= 15 is 0 Å². The van der Waals surface area contributed by atoms with Crippen molar-refractivity contribution in [2.75, 3.05) is 6.54 Å². The molecule has 0 aliphatic carbocycles. The lowest BCUT2D eigenvalue weighted by Gasteiger charge is -2.27. The average molecular weight is 388 g/mol. The summed E-state index contributed by atoms with van der Waals surface area (Å²) in [5.74, 6) is 0.661. The molecule has 1 unspecified atom stereocenters. The Kier molecular flexibility index (Phi) is 4.22. The number of rotatable bonds is 1. The number of ether oxygens (including phenoxy) is 1. The van der Waals surface area contributed by atoms with Gasteiger partial charge in [0, 0.05) is 6.54 Å². The van der Waals surface area contributed by atoms with Gasteiger partial charge in [0.2, 0.25) is 0 Å². The van der Waals surface area contributed by atoms with Crippen LogP contribution in [0.25, 0.3) is 0 Å². The molecule has 1 amide bonds. The zero-order valence-electron chi connectivity index (χ0n) is 11.7. The molecular weight excluding hydrogens is 371 g/mol. The van der Waals surface area contributed by atoms with E-state index in [0.717, 1.165) is 12.8 Å². The molecule has 1 aromatic rings. The second-order valence-corrected chi connectivity index (χ2v) is 6.75. The number of imidazole rings is 1. The maximum Gasteiger partial charge on any atom is 0.410 e. The molecule has 0 saturated carbocycles. The lowest BCUT2D eigenvalue weighted by molar-refractivity contribution is 0.0218. The SMILES string of the molecule is CC(C)(C)OC(=O)N1CCCC1c1nc(I)c(C#N)[nH]1. The van der Waals surface area contributed by atoms with Crippen molar-refractivity contribution >= 4 is 28.7 Å². The maximum absolute atomic E-state index is 12.2. The summed E-state index contributed by atoms with van der Waals surface area (Å²) in [7, 11) is 0. The molecule has 1 aromatic heterocycles. The Hall–Kier alpha value is -1.30. The summed E-state index contributed by atoms with van der Waals surface area (Å²) in [6, 6.07) is 1.92. The van der Waals surface area contributed by atoms with Gasteiger partial charge in [0.05, 0.1) is 6.04 Å². The molecule has 1 fully saturated rings. The number of amides is 1. The number of aromatic amines is 1. The van der Waals surface area contributed by atoms with Crippen LogP contribution in [0.4, 0.5) is 4.79 Å². The highest BCUT2D eigenvalue weighted by atomic mass is 127. The monoisotopic (exact) mass is 388 g/mol. The second-order valence-electron chi connectivity index (χ2n) is 5.73. The number of nitrogens with one attached hydrogen (secondary N) is 1. The predicted octanol–water partition coefficient (Wildman–Crippen LogP) is 2.96. The minimum absolute atomic E-state index is 0.138. The summed E-state index contributed by atoms with van der Waals surface area (Å²) < 4.78 is 6.05. The number of H-pyrrole nitrogens is 1. The van der Waals surface area contributed by atoms with Crippen LogP contribution in [0.3, 0.4) is 0 Å². The summed E-state index contributed by atoms with van der Waals surface area (Å²) in [5.41, 5.74) is -0.0729. The van der Waals surface area contributed by atoms with Gasteiger partial charge in [-0.2, -0.15) is 5.26 Å². The van der Waals surface area contributed by atoms with Crippen molar-refractivity contribution in [3.8, 4) is 6.07 Å². The highest BCUT2D eigenvalue weighted by Crippen LogP contribution is 2.32. The van der Waals surface area contributed by atoms with E-state index in [2.05, 4.69) is 16.0 Å². The van der Waals surface area contributed by atoms with E-state index in [-0.39, 0.29) is 12.1 Å². The first-order chi connectivity index (χ1) is 9.31. The van der Waals surface area contributed by atoms with Crippen LogP contribution in [0.1, 0.15) is 51.2 Å². The van der Waals surface area contributed by atoms with E-state index in [4.69, 9.17) is 10.00 Å². The van der Waals surface area contributed by atoms with E-state index in [1.54, 1.807) is 4.90 Å². The first kappa shape index (κ1) is 15.1. The van der Waals surface area contributed by atoms with Gasteiger partial charge >= 0.3 is 6.09 Å². The van der Waals surface area contributed by atoms with Crippen molar-refractivity contribution in [3.63, 3.8) is 0 Å². The number of nitriles is 1. The summed E-state index contributed by atoms with van der Waals surface area (Å²) in [6.07, 6.45) is 1.40. The Labute approximate surface area is 131 Å². The van der Waals surface area contributed by atoms with Crippen molar-refractivity contribution in [1.29, 1.82) is 5.26 Å². The van der Waals surface area contributed by atoms with Gasteiger partial charge in [-0.3, -0.25) is 4.90 Å². The molecule has 20 heavy (non-hydrogen) atoms. The van der Waals surface area contributed by atoms with Crippen LogP contribution >= 0.6 is 22.6 Å². The fourth-order valence-corrected chi connectivity index (χ4v) is 2.71. The second kappa shape index (κ2) is 5.60. The number of hydrogen-bond acceptors (Lipinski definition) is 4. The topological polar surface area (TPSA) is 82.0 Å². The number of aromatic nitrogens is 2. The third kappa shape index (κ3) is 3.23. The number of hydrogen-bond donors (Lipinski definition) is 1. The fraction of sp³-hybridized carbons (Fsp3) is 0.615. The van der Waals surface area contributed by atoms with Gasteiger partial charge in [0.1, 0.15) is 21.2 Å². The van der Waals surface area contributed by atoms with E-state index < -0.39 is 5.60 Å². The quantitative estimate of drug-likeness (QED) is 0.750. The van der Waals surface area contributed by atoms with Crippen molar-refractivity contribution in [2.24, 2.45) is 0 Å². The Morgan fingerprint density at radius 1 is 1.60 bits per heavy atom. The van der Waals surface area contributed by atoms with Gasteiger partial charge < -0.3 is 9.72 Å². The van der Waals surface area contributed by atoms with Crippen molar-refractivity contribution in [3.05, 3.63) is 15.2 Å². The van der Waals surface area contributed by atoms with Crippen LogP contribution in [0, 0.1) is 15.0 Å². The van der Waals surface area contributed by atoms with Gasteiger partial charge in [0.25, 0.3) is 0 Å². The number of carbonyl (C=O) groups is 1. The van der Waals surface area contributed by atoms with Crippen molar-refractivity contribution in [2.45, 2.75) is 45.3 Å². The van der Waals surface area contributed by atoms with E-state index in [1.165, 1.54) is 0 Å². The molecule has 7 heteroatoms. The highest BCUT2D eigenvalue weighted by Gasteiger charge is 2.35. The minimum Gasteiger partial charge on any atom is -0.444 e. The third-order valence-electron chi connectivity index (χ3n) is 2.99. The Morgan fingerprint density at radius 2 is 2.30 bits per heavy atom. The summed E-state index contributed by atoms with van der Waals surface area (Å²) in [4.78, 5) is 21.2. The van der Waals surface area contributed by atoms with Crippen LogP contribution in [0.2, 0.25) is 0 Å². The van der Waals surface area contributed by atoms with Crippen molar-refractivity contribution < 1.29 is 9.53 Å². The third-order valence-corrected chi connectivity index (χ3v) is 3.77. The Morgan fingerprint density at radius 3 is 2.85 bits per heavy atom. The average Bonchev–Trinajstić information content (AvgIpc) is 2.92. The number of nitrogens with zero attached hydrogens (tertiary/aromatic N) is 3. The van der Waals surface area contributed by atoms with Crippen LogP contribution in [0.15, 0.2) is 0 Å². The molecule has 1 N–H and O–H groups in total. The van der Waals surface area contributed by atoms with Crippen LogP contribution in [0.5, 0.6) is 0 Å². The first-order valence-corrected chi connectivity index (χ1v) is 7.55. The molecule has 108 valence electrons. The zero-order chi connectivity index (χ0) is 14.9. The lowest BCUT2D eigenvalue weighted by Crippen LogP contribution is -2.36. The highest BCUT2D eigenvalue weighted by molar-refractivity contribution is 14.1. The molecule has 2 rings (SSSR count). The van der Waals surface area contributed by atoms with Gasteiger partial charge in [-0.15, -0.1) is 0 Å². The minimum atomic E-state index is -0.514. The fourth-order valence-electron chi connectivity index (χ4n) is 2.19. The molecule has 1 atom stereocenters. The molecule has 1 aliphatic rings. The standard InChI is InChI=1S/C13H17IN4O2/c1-13(2,3)20-12(19)18-6-4-5-9(18)11-16-8(7-15)10(14)17-11/h9H,4-6H2,1-3H3,(H,16,17). The summed E-state index contributed by atoms with van der Waals surface area (Å²) in [6.45, 7) is 6.19. The van der Waals surface area contributed by atoms with E-state index in [1.807, 2.05) is 43.4 Å². The van der Waals surface area contributed by atoms with Gasteiger partial charge in [-0.05, 0) is 56.2 Å². The number of likely N-dealkylation sites (tertiary alicyclic amines) is 1. The molecule has 2 heterocycles. The molecule has 1 saturated heterocycles. The molecule has 0 aromatic carbocycles. The Bertz CT molecular complexity index is 556. The normalized spacial score (nSPS) is 18.9. The molecule has 1 aliphatic heterocycles. The molecule has 0 bridgehead atoms. The van der Waals surface area contributed by atoms with Crippen LogP contribution < -0.4 is 0 Å². The Balaban J connectivity index is 2.19. The predicted molar refractivity (Wildman–Crippen MR) is 80.9 cm³/mol. The molecule has 6 nitrogen and oxygen atoms in total.